The number of rotatable bonds is 5. The summed E-state index contributed by atoms with van der Waals surface area (Å²) in [5, 5.41) is 4.13. The fraction of sp³-hybridized carbons (Fsp3) is 0.333. The van der Waals surface area contributed by atoms with Crippen LogP contribution in [0.4, 0.5) is 4.39 Å². The molecule has 0 saturated carbocycles. The molecule has 8 heteroatoms. The number of amides is 1. The van der Waals surface area contributed by atoms with Crippen LogP contribution in [0, 0.1) is 12.7 Å². The Hall–Kier alpha value is -2.22. The van der Waals surface area contributed by atoms with E-state index in [4.69, 9.17) is 0 Å². The maximum atomic E-state index is 12.9. The first-order chi connectivity index (χ1) is 10.8. The quantitative estimate of drug-likeness (QED) is 0.907. The molecule has 1 amide bonds. The van der Waals surface area contributed by atoms with Crippen LogP contribution in [-0.4, -0.2) is 24.1 Å². The van der Waals surface area contributed by atoms with Crippen LogP contribution >= 0.6 is 0 Å². The van der Waals surface area contributed by atoms with Crippen molar-refractivity contribution in [1.82, 2.24) is 14.5 Å². The van der Waals surface area contributed by atoms with Crippen molar-refractivity contribution in [3.05, 3.63) is 47.5 Å². The first kappa shape index (κ1) is 17.1. The van der Waals surface area contributed by atoms with Crippen LogP contribution in [0.15, 0.2) is 35.4 Å². The molecule has 0 radical (unpaired) electrons. The molecular formula is C15H18FN3O3S. The van der Waals surface area contributed by atoms with Gasteiger partial charge in [-0.2, -0.15) is 5.10 Å². The minimum Gasteiger partial charge on any atom is -0.268 e. The van der Waals surface area contributed by atoms with Gasteiger partial charge >= 0.3 is 0 Å². The summed E-state index contributed by atoms with van der Waals surface area (Å²) in [6.45, 7) is 5.65. The van der Waals surface area contributed by atoms with Crippen molar-refractivity contribution >= 4 is 15.9 Å². The largest absolute Gasteiger partial charge is 0.268 e. The Morgan fingerprint density at radius 2 is 1.96 bits per heavy atom. The summed E-state index contributed by atoms with van der Waals surface area (Å²) in [6, 6.07) is 4.34. The molecule has 0 saturated heterocycles. The molecule has 6 nitrogen and oxygen atoms in total. The van der Waals surface area contributed by atoms with Gasteiger partial charge in [-0.05, 0) is 44.5 Å². The van der Waals surface area contributed by atoms with Gasteiger partial charge in [0.1, 0.15) is 5.82 Å². The molecule has 1 aromatic heterocycles. The lowest BCUT2D eigenvalue weighted by molar-refractivity contribution is 0.0980. The average molecular weight is 339 g/mol. The molecule has 1 N–H and O–H groups in total. The van der Waals surface area contributed by atoms with Crippen LogP contribution in [0.5, 0.6) is 0 Å². The number of hydrogen-bond donors (Lipinski definition) is 1. The molecule has 0 bridgehead atoms. The second-order valence-corrected chi connectivity index (χ2v) is 6.92. The molecule has 23 heavy (non-hydrogen) atoms. The fourth-order valence-electron chi connectivity index (χ4n) is 2.11. The molecule has 0 aliphatic rings. The van der Waals surface area contributed by atoms with E-state index in [2.05, 4.69) is 5.10 Å². The lowest BCUT2D eigenvalue weighted by Gasteiger charge is -2.12. The zero-order chi connectivity index (χ0) is 17.2. The summed E-state index contributed by atoms with van der Waals surface area (Å²) >= 11 is 0. The molecule has 2 rings (SSSR count). The van der Waals surface area contributed by atoms with Crippen molar-refractivity contribution in [3.63, 3.8) is 0 Å². The second-order valence-electron chi connectivity index (χ2n) is 5.23. The minimum atomic E-state index is -4.06. The van der Waals surface area contributed by atoms with Gasteiger partial charge in [0.05, 0.1) is 16.7 Å². The summed E-state index contributed by atoms with van der Waals surface area (Å²) in [4.78, 5) is 12.0. The van der Waals surface area contributed by atoms with Gasteiger partial charge < -0.3 is 0 Å². The lowest BCUT2D eigenvalue weighted by Crippen LogP contribution is -2.31. The van der Waals surface area contributed by atoms with E-state index in [1.54, 1.807) is 11.6 Å². The summed E-state index contributed by atoms with van der Waals surface area (Å²) in [6.07, 6.45) is 2.18. The molecule has 0 unspecified atom stereocenters. The van der Waals surface area contributed by atoms with Crippen molar-refractivity contribution in [2.75, 3.05) is 0 Å². The normalized spacial score (nSPS) is 12.9. The number of nitrogens with zero attached hydrogens (tertiary/aromatic N) is 2. The van der Waals surface area contributed by atoms with E-state index in [0.717, 1.165) is 30.7 Å². The van der Waals surface area contributed by atoms with Crippen molar-refractivity contribution in [1.29, 1.82) is 0 Å². The highest BCUT2D eigenvalue weighted by molar-refractivity contribution is 7.90. The number of halogens is 1. The molecular weight excluding hydrogens is 321 g/mol. The zero-order valence-corrected chi connectivity index (χ0v) is 13.9. The Morgan fingerprint density at radius 1 is 1.35 bits per heavy atom. The molecule has 1 atom stereocenters. The summed E-state index contributed by atoms with van der Waals surface area (Å²) in [5.41, 5.74) is 0.780. The van der Waals surface area contributed by atoms with E-state index in [-0.39, 0.29) is 16.5 Å². The van der Waals surface area contributed by atoms with Gasteiger partial charge in [-0.25, -0.2) is 17.5 Å². The highest BCUT2D eigenvalue weighted by Gasteiger charge is 2.22. The number of benzene rings is 1. The van der Waals surface area contributed by atoms with Crippen molar-refractivity contribution in [2.24, 2.45) is 0 Å². The van der Waals surface area contributed by atoms with E-state index < -0.39 is 21.7 Å². The summed E-state index contributed by atoms with van der Waals surface area (Å²) in [5.74, 6) is -1.32. The second kappa shape index (κ2) is 6.49. The molecule has 124 valence electrons. The highest BCUT2D eigenvalue weighted by atomic mass is 32.2. The minimum absolute atomic E-state index is 0.102. The molecule has 1 heterocycles. The summed E-state index contributed by atoms with van der Waals surface area (Å²) < 4.78 is 40.8. The van der Waals surface area contributed by atoms with E-state index in [1.807, 2.05) is 18.6 Å². The number of carbonyl (C=O) groups is 1. The van der Waals surface area contributed by atoms with E-state index in [1.165, 1.54) is 6.20 Å². The van der Waals surface area contributed by atoms with E-state index in [0.29, 0.717) is 5.69 Å². The molecule has 0 spiro atoms. The zero-order valence-electron chi connectivity index (χ0n) is 13.1. The highest BCUT2D eigenvalue weighted by Crippen LogP contribution is 2.17. The van der Waals surface area contributed by atoms with Crippen molar-refractivity contribution < 1.29 is 17.6 Å². The molecule has 0 fully saturated rings. The van der Waals surface area contributed by atoms with Gasteiger partial charge in [0.15, 0.2) is 0 Å². The van der Waals surface area contributed by atoms with Gasteiger partial charge in [-0.1, -0.05) is 6.92 Å². The van der Waals surface area contributed by atoms with E-state index in [9.17, 15) is 17.6 Å². The van der Waals surface area contributed by atoms with Gasteiger partial charge in [0.2, 0.25) is 0 Å². The molecule has 1 aromatic carbocycles. The fourth-order valence-corrected chi connectivity index (χ4v) is 3.08. The van der Waals surface area contributed by atoms with Gasteiger partial charge in [0, 0.05) is 11.7 Å². The summed E-state index contributed by atoms with van der Waals surface area (Å²) in [7, 11) is -4.06. The van der Waals surface area contributed by atoms with Crippen LogP contribution in [0.3, 0.4) is 0 Å². The number of nitrogens with one attached hydrogen (secondary N) is 1. The Bertz CT molecular complexity index is 813. The van der Waals surface area contributed by atoms with Crippen LogP contribution in [0.1, 0.15) is 42.4 Å². The van der Waals surface area contributed by atoms with E-state index >= 15 is 0 Å². The monoisotopic (exact) mass is 339 g/mol. The first-order valence-corrected chi connectivity index (χ1v) is 8.61. The Labute approximate surface area is 134 Å². The van der Waals surface area contributed by atoms with Gasteiger partial charge in [-0.15, -0.1) is 0 Å². The van der Waals surface area contributed by atoms with Crippen LogP contribution in [0.25, 0.3) is 0 Å². The van der Waals surface area contributed by atoms with Gasteiger partial charge in [-0.3, -0.25) is 9.48 Å². The molecule has 2 aromatic rings. The predicted octanol–water partition coefficient (Wildman–Crippen LogP) is 2.42. The van der Waals surface area contributed by atoms with Crippen molar-refractivity contribution in [3.8, 4) is 0 Å². The predicted molar refractivity (Wildman–Crippen MR) is 83.0 cm³/mol. The third-order valence-corrected chi connectivity index (χ3v) is 5.00. The first-order valence-electron chi connectivity index (χ1n) is 7.13. The van der Waals surface area contributed by atoms with Gasteiger partial charge in [0.25, 0.3) is 15.9 Å². The third-order valence-electron chi connectivity index (χ3n) is 3.65. The SMILES string of the molecule is CC[C@@H](C)n1ncc(C(=O)NS(=O)(=O)c2ccc(F)cc2)c1C. The Balaban J connectivity index is 2.25. The number of carbonyl (C=O) groups excluding carboxylic acids is 1. The topological polar surface area (TPSA) is 81.1 Å². The van der Waals surface area contributed by atoms with Crippen LogP contribution in [0.2, 0.25) is 0 Å². The Kier molecular flexibility index (Phi) is 4.84. The van der Waals surface area contributed by atoms with Crippen LogP contribution in [-0.2, 0) is 10.0 Å². The van der Waals surface area contributed by atoms with Crippen molar-refractivity contribution in [2.45, 2.75) is 38.1 Å². The molecule has 0 aliphatic heterocycles. The average Bonchev–Trinajstić information content (AvgIpc) is 2.88. The number of sulfonamides is 1. The maximum Gasteiger partial charge on any atom is 0.268 e. The number of hydrogen-bond acceptors (Lipinski definition) is 4. The number of aromatic nitrogens is 2. The maximum absolute atomic E-state index is 12.9. The molecule has 0 aliphatic carbocycles. The Morgan fingerprint density at radius 3 is 2.52 bits per heavy atom. The standard InChI is InChI=1S/C15H18FN3O3S/c1-4-10(2)19-11(3)14(9-17-19)15(20)18-23(21,22)13-7-5-12(16)6-8-13/h5-10H,4H2,1-3H3,(H,18,20)/t10-/m1/s1. The third kappa shape index (κ3) is 3.58. The van der Waals surface area contributed by atoms with Crippen LogP contribution < -0.4 is 4.72 Å². The smallest absolute Gasteiger partial charge is 0.268 e. The lowest BCUT2D eigenvalue weighted by atomic mass is 10.2.